The van der Waals surface area contributed by atoms with Crippen LogP contribution in [0.15, 0.2) is 40.8 Å². The smallest absolute Gasteiger partial charge is 0.227 e. The molecule has 1 fully saturated rings. The minimum absolute atomic E-state index is 0.345. The van der Waals surface area contributed by atoms with E-state index in [0.29, 0.717) is 12.0 Å². The standard InChI is InChI=1S/C23H28N2O3/c1-4-25(14-17-8-7-13-27-17)15-21-16(2)28-23(24-21)20-11-12-22(26-3)19-10-6-5-9-18(19)20/h5-6,9-12,17H,4,7-8,13-15H2,1-3H3. The maximum absolute atomic E-state index is 6.09. The lowest BCUT2D eigenvalue weighted by molar-refractivity contribution is 0.0720. The van der Waals surface area contributed by atoms with Crippen LogP contribution in [0.4, 0.5) is 0 Å². The topological polar surface area (TPSA) is 47.7 Å². The summed E-state index contributed by atoms with van der Waals surface area (Å²) < 4.78 is 17.4. The Kier molecular flexibility index (Phi) is 5.64. The second kappa shape index (κ2) is 8.33. The fraction of sp³-hybridized carbons (Fsp3) is 0.435. The van der Waals surface area contributed by atoms with E-state index in [9.17, 15) is 0 Å². The monoisotopic (exact) mass is 380 g/mol. The quantitative estimate of drug-likeness (QED) is 0.588. The second-order valence-corrected chi connectivity index (χ2v) is 7.35. The summed E-state index contributed by atoms with van der Waals surface area (Å²) in [6.07, 6.45) is 2.66. The molecule has 3 aromatic rings. The molecule has 1 aliphatic rings. The van der Waals surface area contributed by atoms with E-state index in [2.05, 4.69) is 24.0 Å². The van der Waals surface area contributed by atoms with Crippen molar-refractivity contribution < 1.29 is 13.9 Å². The SMILES string of the molecule is CCN(Cc1nc(-c2ccc(OC)c3ccccc23)oc1C)CC1CCCO1. The van der Waals surface area contributed by atoms with Gasteiger partial charge in [0.25, 0.3) is 0 Å². The van der Waals surface area contributed by atoms with Crippen molar-refractivity contribution in [2.45, 2.75) is 39.3 Å². The molecule has 2 heterocycles. The number of benzene rings is 2. The number of methoxy groups -OCH3 is 1. The third-order valence-corrected chi connectivity index (χ3v) is 5.53. The minimum Gasteiger partial charge on any atom is -0.496 e. The molecule has 5 heteroatoms. The van der Waals surface area contributed by atoms with Gasteiger partial charge in [0.2, 0.25) is 5.89 Å². The van der Waals surface area contributed by atoms with Crippen LogP contribution in [0.2, 0.25) is 0 Å². The van der Waals surface area contributed by atoms with Gasteiger partial charge in [-0.25, -0.2) is 4.98 Å². The number of rotatable bonds is 7. The fourth-order valence-corrected chi connectivity index (χ4v) is 3.92. The zero-order valence-corrected chi connectivity index (χ0v) is 16.9. The Morgan fingerprint density at radius 2 is 2.00 bits per heavy atom. The van der Waals surface area contributed by atoms with Crippen molar-refractivity contribution in [2.24, 2.45) is 0 Å². The lowest BCUT2D eigenvalue weighted by atomic mass is 10.0. The molecule has 0 N–H and O–H groups in total. The molecule has 0 radical (unpaired) electrons. The normalized spacial score (nSPS) is 16.9. The molecule has 0 spiro atoms. The molecule has 0 bridgehead atoms. The molecule has 28 heavy (non-hydrogen) atoms. The van der Waals surface area contributed by atoms with Crippen LogP contribution < -0.4 is 4.74 Å². The van der Waals surface area contributed by atoms with Crippen molar-refractivity contribution in [3.05, 3.63) is 47.9 Å². The summed E-state index contributed by atoms with van der Waals surface area (Å²) >= 11 is 0. The second-order valence-electron chi connectivity index (χ2n) is 7.35. The van der Waals surface area contributed by atoms with Gasteiger partial charge in [0.1, 0.15) is 11.5 Å². The molecule has 1 aliphatic heterocycles. The fourth-order valence-electron chi connectivity index (χ4n) is 3.92. The van der Waals surface area contributed by atoms with Gasteiger partial charge < -0.3 is 13.9 Å². The van der Waals surface area contributed by atoms with Crippen molar-refractivity contribution >= 4 is 10.8 Å². The van der Waals surface area contributed by atoms with Gasteiger partial charge in [-0.15, -0.1) is 0 Å². The van der Waals surface area contributed by atoms with Crippen molar-refractivity contribution in [2.75, 3.05) is 26.8 Å². The first-order valence-corrected chi connectivity index (χ1v) is 10.1. The summed E-state index contributed by atoms with van der Waals surface area (Å²) in [6.45, 7) is 7.76. The number of hydrogen-bond donors (Lipinski definition) is 0. The van der Waals surface area contributed by atoms with Crippen LogP contribution in [0.5, 0.6) is 5.75 Å². The van der Waals surface area contributed by atoms with Gasteiger partial charge in [0.15, 0.2) is 0 Å². The van der Waals surface area contributed by atoms with Crippen molar-refractivity contribution in [1.82, 2.24) is 9.88 Å². The summed E-state index contributed by atoms with van der Waals surface area (Å²) in [5.74, 6) is 2.40. The number of likely N-dealkylation sites (N-methyl/N-ethyl adjacent to an activating group) is 1. The van der Waals surface area contributed by atoms with E-state index in [1.807, 2.05) is 31.2 Å². The third-order valence-electron chi connectivity index (χ3n) is 5.53. The van der Waals surface area contributed by atoms with Crippen LogP contribution in [0.25, 0.3) is 22.2 Å². The minimum atomic E-state index is 0.345. The Balaban J connectivity index is 1.62. The third kappa shape index (κ3) is 3.77. The molecule has 4 rings (SSSR count). The van der Waals surface area contributed by atoms with Gasteiger partial charge in [-0.05, 0) is 43.8 Å². The molecule has 5 nitrogen and oxygen atoms in total. The number of aromatic nitrogens is 1. The molecule has 1 unspecified atom stereocenters. The van der Waals surface area contributed by atoms with Crippen LogP contribution in [0, 0.1) is 6.92 Å². The predicted octanol–water partition coefficient (Wildman–Crippen LogP) is 4.81. The van der Waals surface area contributed by atoms with Gasteiger partial charge in [-0.3, -0.25) is 4.90 Å². The molecular weight excluding hydrogens is 352 g/mol. The highest BCUT2D eigenvalue weighted by Gasteiger charge is 2.21. The zero-order valence-electron chi connectivity index (χ0n) is 16.9. The Labute approximate surface area is 166 Å². The largest absolute Gasteiger partial charge is 0.496 e. The number of aryl methyl sites for hydroxylation is 1. The molecule has 1 saturated heterocycles. The first-order chi connectivity index (χ1) is 13.7. The number of nitrogens with zero attached hydrogens (tertiary/aromatic N) is 2. The highest BCUT2D eigenvalue weighted by atomic mass is 16.5. The van der Waals surface area contributed by atoms with Crippen LogP contribution in [0.3, 0.4) is 0 Å². The first kappa shape index (κ1) is 19.0. The van der Waals surface area contributed by atoms with Crippen molar-refractivity contribution in [3.63, 3.8) is 0 Å². The summed E-state index contributed by atoms with van der Waals surface area (Å²) in [7, 11) is 1.70. The molecule has 1 aromatic heterocycles. The molecule has 0 aliphatic carbocycles. The molecular formula is C23H28N2O3. The Morgan fingerprint density at radius 3 is 2.71 bits per heavy atom. The van der Waals surface area contributed by atoms with Crippen molar-refractivity contribution in [1.29, 1.82) is 0 Å². The van der Waals surface area contributed by atoms with Crippen LogP contribution in [-0.2, 0) is 11.3 Å². The Hall–Kier alpha value is -2.37. The van der Waals surface area contributed by atoms with E-state index in [0.717, 1.165) is 66.2 Å². The van der Waals surface area contributed by atoms with Crippen LogP contribution in [0.1, 0.15) is 31.2 Å². The maximum Gasteiger partial charge on any atom is 0.227 e. The van der Waals surface area contributed by atoms with Crippen LogP contribution >= 0.6 is 0 Å². The van der Waals surface area contributed by atoms with Crippen LogP contribution in [-0.4, -0.2) is 42.8 Å². The molecule has 148 valence electrons. The molecule has 1 atom stereocenters. The van der Waals surface area contributed by atoms with E-state index in [1.165, 1.54) is 6.42 Å². The predicted molar refractivity (Wildman–Crippen MR) is 111 cm³/mol. The van der Waals surface area contributed by atoms with Crippen molar-refractivity contribution in [3.8, 4) is 17.2 Å². The molecule has 0 amide bonds. The van der Waals surface area contributed by atoms with Gasteiger partial charge >= 0.3 is 0 Å². The van der Waals surface area contributed by atoms with Gasteiger partial charge in [0.05, 0.1) is 18.9 Å². The highest BCUT2D eigenvalue weighted by Crippen LogP contribution is 2.34. The summed E-state index contributed by atoms with van der Waals surface area (Å²) in [4.78, 5) is 7.24. The van der Waals surface area contributed by atoms with Gasteiger partial charge in [-0.1, -0.05) is 31.2 Å². The summed E-state index contributed by atoms with van der Waals surface area (Å²) in [6, 6.07) is 12.2. The van der Waals surface area contributed by atoms with E-state index in [4.69, 9.17) is 18.9 Å². The van der Waals surface area contributed by atoms with Gasteiger partial charge in [-0.2, -0.15) is 0 Å². The van der Waals surface area contributed by atoms with E-state index in [-0.39, 0.29) is 0 Å². The summed E-state index contributed by atoms with van der Waals surface area (Å²) in [5.41, 5.74) is 1.99. The van der Waals surface area contributed by atoms with Gasteiger partial charge in [0, 0.05) is 30.6 Å². The zero-order chi connectivity index (χ0) is 19.5. The number of fused-ring (bicyclic) bond motifs is 1. The van der Waals surface area contributed by atoms with E-state index >= 15 is 0 Å². The Morgan fingerprint density at radius 1 is 1.18 bits per heavy atom. The maximum atomic E-state index is 6.09. The average molecular weight is 380 g/mol. The molecule has 2 aromatic carbocycles. The number of hydrogen-bond acceptors (Lipinski definition) is 5. The first-order valence-electron chi connectivity index (χ1n) is 10.1. The number of oxazole rings is 1. The van der Waals surface area contributed by atoms with E-state index < -0.39 is 0 Å². The lowest BCUT2D eigenvalue weighted by Crippen LogP contribution is -2.31. The average Bonchev–Trinajstić information content (AvgIpc) is 3.36. The number of ether oxygens (including phenoxy) is 2. The Bertz CT molecular complexity index is 944. The highest BCUT2D eigenvalue weighted by molar-refractivity contribution is 5.98. The molecule has 0 saturated carbocycles. The summed E-state index contributed by atoms with van der Waals surface area (Å²) in [5, 5.41) is 2.15. The van der Waals surface area contributed by atoms with E-state index in [1.54, 1.807) is 7.11 Å². The lowest BCUT2D eigenvalue weighted by Gasteiger charge is -2.22.